The van der Waals surface area contributed by atoms with Crippen LogP contribution in [0, 0.1) is 23.0 Å². The molecule has 0 fully saturated rings. The first kappa shape index (κ1) is 16.2. The molecule has 1 atom stereocenters. The number of benzene rings is 2. The highest BCUT2D eigenvalue weighted by Crippen LogP contribution is 2.24. The predicted molar refractivity (Wildman–Crippen MR) is 76.5 cm³/mol. The number of para-hydroxylation sites is 2. The molecular weight excluding hydrogens is 306 g/mol. The summed E-state index contributed by atoms with van der Waals surface area (Å²) in [5, 5.41) is 20.8. The van der Waals surface area contributed by atoms with Crippen LogP contribution >= 0.6 is 0 Å². The number of halogens is 2. The van der Waals surface area contributed by atoms with Gasteiger partial charge in [-0.25, -0.2) is 8.78 Å². The third-order valence-corrected chi connectivity index (χ3v) is 2.93. The van der Waals surface area contributed by atoms with Gasteiger partial charge in [0.15, 0.2) is 18.1 Å². The van der Waals surface area contributed by atoms with Crippen molar-refractivity contribution in [1.29, 1.82) is 5.26 Å². The summed E-state index contributed by atoms with van der Waals surface area (Å²) in [6.45, 7) is -0.474. The molecule has 23 heavy (non-hydrogen) atoms. The summed E-state index contributed by atoms with van der Waals surface area (Å²) in [5.41, 5.74) is -0.148. The molecule has 1 amide bonds. The number of nitrogens with zero attached hydrogens (tertiary/aromatic N) is 1. The molecule has 2 aromatic carbocycles. The summed E-state index contributed by atoms with van der Waals surface area (Å²) in [5.74, 6) is -2.44. The number of rotatable bonds is 5. The highest BCUT2D eigenvalue weighted by Gasteiger charge is 2.18. The van der Waals surface area contributed by atoms with Crippen LogP contribution in [0.15, 0.2) is 42.5 Å². The van der Waals surface area contributed by atoms with E-state index in [9.17, 15) is 18.7 Å². The molecule has 2 N–H and O–H groups in total. The number of hydrogen-bond acceptors (Lipinski definition) is 4. The lowest BCUT2D eigenvalue weighted by Gasteiger charge is -2.13. The lowest BCUT2D eigenvalue weighted by molar-refractivity contribution is -0.123. The van der Waals surface area contributed by atoms with Gasteiger partial charge in [-0.15, -0.1) is 0 Å². The Morgan fingerprint density at radius 1 is 1.30 bits per heavy atom. The van der Waals surface area contributed by atoms with E-state index in [0.717, 1.165) is 12.1 Å². The largest absolute Gasteiger partial charge is 0.504 e. The Balaban J connectivity index is 2.00. The normalized spacial score (nSPS) is 11.3. The number of carbonyl (C=O) groups is 1. The number of aromatic hydroxyl groups is 1. The van der Waals surface area contributed by atoms with Crippen molar-refractivity contribution in [1.82, 2.24) is 5.32 Å². The van der Waals surface area contributed by atoms with Crippen LogP contribution in [0.2, 0.25) is 0 Å². The molecule has 118 valence electrons. The van der Waals surface area contributed by atoms with Crippen molar-refractivity contribution < 1.29 is 23.4 Å². The van der Waals surface area contributed by atoms with Crippen LogP contribution < -0.4 is 10.1 Å². The lowest BCUT2D eigenvalue weighted by atomic mass is 10.1. The number of phenols is 1. The highest BCUT2D eigenvalue weighted by atomic mass is 19.1. The van der Waals surface area contributed by atoms with Gasteiger partial charge < -0.3 is 15.2 Å². The molecule has 0 aliphatic heterocycles. The maximum atomic E-state index is 13.6. The van der Waals surface area contributed by atoms with Crippen molar-refractivity contribution in [3.63, 3.8) is 0 Å². The minimum absolute atomic E-state index is 0.101. The second-order valence-electron chi connectivity index (χ2n) is 4.55. The van der Waals surface area contributed by atoms with E-state index in [1.165, 1.54) is 12.1 Å². The fourth-order valence-electron chi connectivity index (χ4n) is 1.84. The Morgan fingerprint density at radius 3 is 2.70 bits per heavy atom. The number of carbonyl (C=O) groups excluding carboxylic acids is 1. The van der Waals surface area contributed by atoms with Crippen LogP contribution in [0.1, 0.15) is 11.6 Å². The summed E-state index contributed by atoms with van der Waals surface area (Å²) in [7, 11) is 0. The van der Waals surface area contributed by atoms with E-state index in [4.69, 9.17) is 10.00 Å². The molecule has 0 radical (unpaired) electrons. The molecule has 2 rings (SSSR count). The third kappa shape index (κ3) is 4.17. The predicted octanol–water partition coefficient (Wildman–Crippen LogP) is 2.43. The minimum atomic E-state index is -1.28. The van der Waals surface area contributed by atoms with Gasteiger partial charge in [-0.2, -0.15) is 5.26 Å². The lowest BCUT2D eigenvalue weighted by Crippen LogP contribution is -2.32. The van der Waals surface area contributed by atoms with Crippen LogP contribution in [-0.4, -0.2) is 17.6 Å². The van der Waals surface area contributed by atoms with Crippen molar-refractivity contribution in [3.8, 4) is 17.6 Å². The van der Waals surface area contributed by atoms with Crippen LogP contribution in [0.3, 0.4) is 0 Å². The monoisotopic (exact) mass is 318 g/mol. The number of amides is 1. The number of phenolic OH excluding ortho intramolecular Hbond substituents is 1. The maximum Gasteiger partial charge on any atom is 0.259 e. The van der Waals surface area contributed by atoms with Crippen molar-refractivity contribution in [3.05, 3.63) is 59.7 Å². The molecule has 1 unspecified atom stereocenters. The van der Waals surface area contributed by atoms with Crippen molar-refractivity contribution in [2.24, 2.45) is 0 Å². The minimum Gasteiger partial charge on any atom is -0.504 e. The second kappa shape index (κ2) is 7.22. The Bertz CT molecular complexity index is 759. The Kier molecular flexibility index (Phi) is 5.10. The smallest absolute Gasteiger partial charge is 0.259 e. The quantitative estimate of drug-likeness (QED) is 0.887. The molecule has 0 aliphatic carbocycles. The number of ether oxygens (including phenoxy) is 1. The van der Waals surface area contributed by atoms with E-state index in [-0.39, 0.29) is 17.1 Å². The molecule has 0 saturated carbocycles. The summed E-state index contributed by atoms with van der Waals surface area (Å²) >= 11 is 0. The zero-order chi connectivity index (χ0) is 16.8. The van der Waals surface area contributed by atoms with E-state index in [1.54, 1.807) is 18.2 Å². The number of nitrogens with one attached hydrogen (secondary N) is 1. The first-order valence-electron chi connectivity index (χ1n) is 6.56. The van der Waals surface area contributed by atoms with Crippen LogP contribution in [-0.2, 0) is 4.79 Å². The molecule has 0 aromatic heterocycles. The van der Waals surface area contributed by atoms with Crippen LogP contribution in [0.4, 0.5) is 8.78 Å². The average molecular weight is 318 g/mol. The van der Waals surface area contributed by atoms with E-state index in [1.807, 2.05) is 0 Å². The third-order valence-electron chi connectivity index (χ3n) is 2.93. The van der Waals surface area contributed by atoms with E-state index in [0.29, 0.717) is 6.07 Å². The van der Waals surface area contributed by atoms with E-state index in [2.05, 4.69) is 5.32 Å². The molecule has 0 aliphatic rings. The second-order valence-corrected chi connectivity index (χ2v) is 4.55. The molecule has 0 spiro atoms. The van der Waals surface area contributed by atoms with Crippen LogP contribution in [0.25, 0.3) is 0 Å². The number of hydrogen-bond donors (Lipinski definition) is 2. The zero-order valence-corrected chi connectivity index (χ0v) is 11.8. The van der Waals surface area contributed by atoms with Crippen molar-refractivity contribution in [2.45, 2.75) is 6.04 Å². The zero-order valence-electron chi connectivity index (χ0n) is 11.8. The topological polar surface area (TPSA) is 82.4 Å². The van der Waals surface area contributed by atoms with E-state index < -0.39 is 30.2 Å². The van der Waals surface area contributed by atoms with Crippen molar-refractivity contribution in [2.75, 3.05) is 6.61 Å². The van der Waals surface area contributed by atoms with Gasteiger partial charge in [-0.05, 0) is 18.2 Å². The fraction of sp³-hybridized carbons (Fsp3) is 0.125. The Morgan fingerprint density at radius 2 is 2.04 bits per heavy atom. The molecule has 7 heteroatoms. The van der Waals surface area contributed by atoms with Gasteiger partial charge >= 0.3 is 0 Å². The van der Waals surface area contributed by atoms with Crippen molar-refractivity contribution >= 4 is 5.91 Å². The van der Waals surface area contributed by atoms with Gasteiger partial charge in [-0.3, -0.25) is 4.79 Å². The molecule has 5 nitrogen and oxygen atoms in total. The Hall–Kier alpha value is -3.14. The molecule has 0 heterocycles. The van der Waals surface area contributed by atoms with Gasteiger partial charge in [0.05, 0.1) is 6.07 Å². The summed E-state index contributed by atoms with van der Waals surface area (Å²) in [4.78, 5) is 11.8. The van der Waals surface area contributed by atoms with Gasteiger partial charge in [0, 0.05) is 11.6 Å². The van der Waals surface area contributed by atoms with Gasteiger partial charge in [0.2, 0.25) is 0 Å². The first-order valence-corrected chi connectivity index (χ1v) is 6.56. The number of nitriles is 1. The summed E-state index contributed by atoms with van der Waals surface area (Å²) in [6.07, 6.45) is 0. The SMILES string of the molecule is N#CC(NC(=O)COc1ccccc1O)c1ccc(F)cc1F. The average Bonchev–Trinajstić information content (AvgIpc) is 2.52. The fourth-order valence-corrected chi connectivity index (χ4v) is 1.84. The molecule has 0 bridgehead atoms. The summed E-state index contributed by atoms with van der Waals surface area (Å²) < 4.78 is 31.6. The Labute approximate surface area is 130 Å². The molecule has 0 saturated heterocycles. The van der Waals surface area contributed by atoms with Gasteiger partial charge in [0.25, 0.3) is 5.91 Å². The standard InChI is InChI=1S/C16H12F2N2O3/c17-10-5-6-11(12(18)7-10)13(8-19)20-16(22)9-23-15-4-2-1-3-14(15)21/h1-7,13,21H,9H2,(H,20,22). The maximum absolute atomic E-state index is 13.6. The molecule has 2 aromatic rings. The summed E-state index contributed by atoms with van der Waals surface area (Å²) in [6, 6.07) is 9.20. The molecular formula is C16H12F2N2O3. The first-order chi connectivity index (χ1) is 11.0. The van der Waals surface area contributed by atoms with Gasteiger partial charge in [-0.1, -0.05) is 18.2 Å². The van der Waals surface area contributed by atoms with Crippen LogP contribution in [0.5, 0.6) is 11.5 Å². The van der Waals surface area contributed by atoms with Gasteiger partial charge in [0.1, 0.15) is 17.7 Å². The highest BCUT2D eigenvalue weighted by molar-refractivity contribution is 5.78. The van der Waals surface area contributed by atoms with E-state index >= 15 is 0 Å².